The monoisotopic (exact) mass is 284 g/mol. The Kier molecular flexibility index (Phi) is 4.66. The SMILES string of the molecule is Cc1ccc(NC(=O)COC(=O)c2cccc(C)n2)cc1. The third-order valence-electron chi connectivity index (χ3n) is 2.77. The Bertz CT molecular complexity index is 651. The quantitative estimate of drug-likeness (QED) is 0.876. The number of carbonyl (C=O) groups is 2. The number of aryl methyl sites for hydroxylation is 2. The van der Waals surface area contributed by atoms with E-state index in [9.17, 15) is 9.59 Å². The molecular weight excluding hydrogens is 268 g/mol. The van der Waals surface area contributed by atoms with Gasteiger partial charge in [-0.1, -0.05) is 23.8 Å². The average Bonchev–Trinajstić information content (AvgIpc) is 2.47. The van der Waals surface area contributed by atoms with Crippen molar-refractivity contribution in [2.24, 2.45) is 0 Å². The molecule has 0 fully saturated rings. The van der Waals surface area contributed by atoms with Gasteiger partial charge in [-0.05, 0) is 38.1 Å². The number of hydrogen-bond donors (Lipinski definition) is 1. The fourth-order valence-corrected chi connectivity index (χ4v) is 1.70. The van der Waals surface area contributed by atoms with Crippen LogP contribution in [0.2, 0.25) is 0 Å². The van der Waals surface area contributed by atoms with Gasteiger partial charge in [-0.2, -0.15) is 0 Å². The van der Waals surface area contributed by atoms with Crippen molar-refractivity contribution in [1.29, 1.82) is 0 Å². The van der Waals surface area contributed by atoms with Crippen molar-refractivity contribution in [3.63, 3.8) is 0 Å². The van der Waals surface area contributed by atoms with E-state index in [1.54, 1.807) is 37.3 Å². The number of ether oxygens (including phenoxy) is 1. The first-order valence-electron chi connectivity index (χ1n) is 6.52. The second kappa shape index (κ2) is 6.65. The fourth-order valence-electron chi connectivity index (χ4n) is 1.70. The zero-order valence-electron chi connectivity index (χ0n) is 11.9. The summed E-state index contributed by atoms with van der Waals surface area (Å²) >= 11 is 0. The van der Waals surface area contributed by atoms with Crippen LogP contribution >= 0.6 is 0 Å². The van der Waals surface area contributed by atoms with Crippen LogP contribution in [0.3, 0.4) is 0 Å². The summed E-state index contributed by atoms with van der Waals surface area (Å²) < 4.78 is 4.93. The molecular formula is C16H16N2O3. The molecule has 0 spiro atoms. The molecule has 2 aromatic rings. The van der Waals surface area contributed by atoms with Crippen LogP contribution in [0.4, 0.5) is 5.69 Å². The summed E-state index contributed by atoms with van der Waals surface area (Å²) in [7, 11) is 0. The predicted molar refractivity (Wildman–Crippen MR) is 79.1 cm³/mol. The van der Waals surface area contributed by atoms with Gasteiger partial charge in [0.15, 0.2) is 6.61 Å². The van der Waals surface area contributed by atoms with Gasteiger partial charge in [0.1, 0.15) is 5.69 Å². The van der Waals surface area contributed by atoms with E-state index >= 15 is 0 Å². The maximum atomic E-state index is 11.7. The molecule has 0 unspecified atom stereocenters. The van der Waals surface area contributed by atoms with Crippen molar-refractivity contribution >= 4 is 17.6 Å². The molecule has 0 saturated heterocycles. The Hall–Kier alpha value is -2.69. The third-order valence-corrected chi connectivity index (χ3v) is 2.77. The molecule has 21 heavy (non-hydrogen) atoms. The summed E-state index contributed by atoms with van der Waals surface area (Å²) in [6.07, 6.45) is 0. The Morgan fingerprint density at radius 2 is 1.81 bits per heavy atom. The Morgan fingerprint density at radius 3 is 2.48 bits per heavy atom. The van der Waals surface area contributed by atoms with Gasteiger partial charge in [-0.3, -0.25) is 4.79 Å². The second-order valence-corrected chi connectivity index (χ2v) is 4.65. The maximum Gasteiger partial charge on any atom is 0.357 e. The topological polar surface area (TPSA) is 68.3 Å². The van der Waals surface area contributed by atoms with Crippen molar-refractivity contribution in [2.45, 2.75) is 13.8 Å². The molecule has 0 saturated carbocycles. The molecule has 108 valence electrons. The van der Waals surface area contributed by atoms with Gasteiger partial charge in [-0.25, -0.2) is 9.78 Å². The molecule has 1 aromatic heterocycles. The lowest BCUT2D eigenvalue weighted by atomic mass is 10.2. The second-order valence-electron chi connectivity index (χ2n) is 4.65. The lowest BCUT2D eigenvalue weighted by molar-refractivity contribution is -0.119. The number of benzene rings is 1. The minimum absolute atomic E-state index is 0.193. The van der Waals surface area contributed by atoms with Crippen molar-refractivity contribution < 1.29 is 14.3 Å². The van der Waals surface area contributed by atoms with E-state index in [1.807, 2.05) is 19.1 Å². The molecule has 2 rings (SSSR count). The summed E-state index contributed by atoms with van der Waals surface area (Å²) in [5.41, 5.74) is 2.67. The zero-order chi connectivity index (χ0) is 15.2. The van der Waals surface area contributed by atoms with Crippen LogP contribution in [0, 0.1) is 13.8 Å². The van der Waals surface area contributed by atoms with E-state index in [1.165, 1.54) is 0 Å². The molecule has 1 aromatic carbocycles. The van der Waals surface area contributed by atoms with Gasteiger partial charge in [0.05, 0.1) is 0 Å². The van der Waals surface area contributed by atoms with Crippen LogP contribution in [-0.4, -0.2) is 23.5 Å². The Labute approximate surface area is 123 Å². The zero-order valence-corrected chi connectivity index (χ0v) is 11.9. The Morgan fingerprint density at radius 1 is 1.10 bits per heavy atom. The number of amides is 1. The molecule has 5 nitrogen and oxygen atoms in total. The van der Waals surface area contributed by atoms with Crippen molar-refractivity contribution in [3.8, 4) is 0 Å². The number of pyridine rings is 1. The minimum Gasteiger partial charge on any atom is -0.451 e. The molecule has 0 atom stereocenters. The predicted octanol–water partition coefficient (Wildman–Crippen LogP) is 2.49. The van der Waals surface area contributed by atoms with Gasteiger partial charge in [-0.15, -0.1) is 0 Å². The largest absolute Gasteiger partial charge is 0.451 e. The lowest BCUT2D eigenvalue weighted by Gasteiger charge is -2.07. The van der Waals surface area contributed by atoms with E-state index in [-0.39, 0.29) is 18.2 Å². The van der Waals surface area contributed by atoms with E-state index < -0.39 is 5.97 Å². The summed E-state index contributed by atoms with van der Waals surface area (Å²) in [6, 6.07) is 12.4. The lowest BCUT2D eigenvalue weighted by Crippen LogP contribution is -2.21. The summed E-state index contributed by atoms with van der Waals surface area (Å²) in [5, 5.41) is 2.65. The number of nitrogens with zero attached hydrogens (tertiary/aromatic N) is 1. The van der Waals surface area contributed by atoms with E-state index in [0.717, 1.165) is 5.56 Å². The molecule has 0 radical (unpaired) electrons. The third kappa shape index (κ3) is 4.42. The highest BCUT2D eigenvalue weighted by Crippen LogP contribution is 2.08. The van der Waals surface area contributed by atoms with Gasteiger partial charge >= 0.3 is 5.97 Å². The molecule has 5 heteroatoms. The van der Waals surface area contributed by atoms with E-state index in [0.29, 0.717) is 11.4 Å². The van der Waals surface area contributed by atoms with Crippen LogP contribution in [-0.2, 0) is 9.53 Å². The highest BCUT2D eigenvalue weighted by Gasteiger charge is 2.11. The maximum absolute atomic E-state index is 11.7. The van der Waals surface area contributed by atoms with E-state index in [4.69, 9.17) is 4.74 Å². The van der Waals surface area contributed by atoms with E-state index in [2.05, 4.69) is 10.3 Å². The molecule has 1 heterocycles. The molecule has 0 aliphatic rings. The summed E-state index contributed by atoms with van der Waals surface area (Å²) in [4.78, 5) is 27.5. The van der Waals surface area contributed by atoms with Crippen LogP contribution < -0.4 is 5.32 Å². The highest BCUT2D eigenvalue weighted by atomic mass is 16.5. The van der Waals surface area contributed by atoms with Gasteiger partial charge < -0.3 is 10.1 Å². The molecule has 0 bridgehead atoms. The van der Waals surface area contributed by atoms with Gasteiger partial charge in [0.25, 0.3) is 5.91 Å². The number of anilines is 1. The molecule has 0 aliphatic heterocycles. The van der Waals surface area contributed by atoms with Crippen LogP contribution in [0.25, 0.3) is 0 Å². The number of aromatic nitrogens is 1. The summed E-state index contributed by atoms with van der Waals surface area (Å²) in [5.74, 6) is -1.00. The number of nitrogens with one attached hydrogen (secondary N) is 1. The first kappa shape index (κ1) is 14.7. The first-order valence-corrected chi connectivity index (χ1v) is 6.52. The van der Waals surface area contributed by atoms with Crippen LogP contribution in [0.5, 0.6) is 0 Å². The minimum atomic E-state index is -0.613. The highest BCUT2D eigenvalue weighted by molar-refractivity contribution is 5.94. The number of esters is 1. The molecule has 0 aliphatic carbocycles. The molecule has 1 amide bonds. The van der Waals surface area contributed by atoms with Gasteiger partial charge in [0.2, 0.25) is 0 Å². The van der Waals surface area contributed by atoms with Gasteiger partial charge in [0, 0.05) is 11.4 Å². The standard InChI is InChI=1S/C16H16N2O3/c1-11-6-8-13(9-7-11)18-15(19)10-21-16(20)14-5-3-4-12(2)17-14/h3-9H,10H2,1-2H3,(H,18,19). The smallest absolute Gasteiger partial charge is 0.357 e. The number of rotatable bonds is 4. The van der Waals surface area contributed by atoms with Crippen molar-refractivity contribution in [3.05, 3.63) is 59.4 Å². The normalized spacial score (nSPS) is 10.0. The average molecular weight is 284 g/mol. The summed E-state index contributed by atoms with van der Waals surface area (Å²) in [6.45, 7) is 3.39. The van der Waals surface area contributed by atoms with Crippen LogP contribution in [0.15, 0.2) is 42.5 Å². The first-order chi connectivity index (χ1) is 10.0. The fraction of sp³-hybridized carbons (Fsp3) is 0.188. The van der Waals surface area contributed by atoms with Crippen molar-refractivity contribution in [1.82, 2.24) is 4.98 Å². The number of carbonyl (C=O) groups excluding carboxylic acids is 2. The Balaban J connectivity index is 1.86. The number of hydrogen-bond acceptors (Lipinski definition) is 4. The van der Waals surface area contributed by atoms with Crippen LogP contribution in [0.1, 0.15) is 21.7 Å². The molecule has 1 N–H and O–H groups in total. The van der Waals surface area contributed by atoms with Crippen molar-refractivity contribution in [2.75, 3.05) is 11.9 Å².